The van der Waals surface area contributed by atoms with Gasteiger partial charge in [0, 0.05) is 18.6 Å². The number of hydrogen-bond donors (Lipinski definition) is 1. The molecule has 0 aromatic heterocycles. The number of rotatable bonds is 1. The van der Waals surface area contributed by atoms with Crippen molar-refractivity contribution < 1.29 is 0 Å². The number of alkyl halides is 1. The molecule has 0 amide bonds. The van der Waals surface area contributed by atoms with Gasteiger partial charge in [0.2, 0.25) is 0 Å². The molecule has 1 rings (SSSR count). The molecule has 60 valence electrons. The molecule has 1 heterocycles. The van der Waals surface area contributed by atoms with E-state index in [2.05, 4.69) is 41.3 Å². The highest BCUT2D eigenvalue weighted by Crippen LogP contribution is 2.23. The third-order valence-corrected chi connectivity index (χ3v) is 3.69. The second kappa shape index (κ2) is 3.36. The van der Waals surface area contributed by atoms with Crippen LogP contribution in [-0.4, -0.2) is 27.6 Å². The summed E-state index contributed by atoms with van der Waals surface area (Å²) < 4.78 is 0.553. The molecule has 2 atom stereocenters. The summed E-state index contributed by atoms with van der Waals surface area (Å²) in [6.45, 7) is 5.62. The maximum absolute atomic E-state index is 5.86. The molecule has 0 spiro atoms. The molecule has 10 heavy (non-hydrogen) atoms. The zero-order valence-corrected chi connectivity index (χ0v) is 8.71. The first-order valence-electron chi connectivity index (χ1n) is 3.78. The van der Waals surface area contributed by atoms with E-state index >= 15 is 0 Å². The van der Waals surface area contributed by atoms with E-state index in [-0.39, 0.29) is 0 Å². The molecule has 2 nitrogen and oxygen atoms in total. The molecule has 0 radical (unpaired) electrons. The van der Waals surface area contributed by atoms with E-state index in [0.717, 1.165) is 6.42 Å². The second-order valence-electron chi connectivity index (χ2n) is 3.16. The molecule has 0 aromatic rings. The van der Waals surface area contributed by atoms with Crippen LogP contribution in [0.1, 0.15) is 20.3 Å². The predicted octanol–water partition coefficient (Wildman–Crippen LogP) is 1.19. The minimum atomic E-state index is 0.392. The Bertz CT molecular complexity index is 116. The standard InChI is InChI=1S/C7H15IN2/c1-5(2)10-4-3-6(9)7(10)8/h5-7H,3-4,9H2,1-2H3. The summed E-state index contributed by atoms with van der Waals surface area (Å²) in [4.78, 5) is 2.45. The van der Waals surface area contributed by atoms with Crippen LogP contribution in [0.5, 0.6) is 0 Å². The van der Waals surface area contributed by atoms with Gasteiger partial charge < -0.3 is 5.73 Å². The molecule has 3 heteroatoms. The average molecular weight is 254 g/mol. The summed E-state index contributed by atoms with van der Waals surface area (Å²) in [6.07, 6.45) is 1.16. The maximum Gasteiger partial charge on any atom is 0.0774 e. The quantitative estimate of drug-likeness (QED) is 0.432. The summed E-state index contributed by atoms with van der Waals surface area (Å²) in [5.41, 5.74) is 5.86. The molecule has 0 aromatic carbocycles. The van der Waals surface area contributed by atoms with Crippen LogP contribution < -0.4 is 5.73 Å². The number of likely N-dealkylation sites (tertiary alicyclic amines) is 1. The predicted molar refractivity (Wildman–Crippen MR) is 52.2 cm³/mol. The Labute approximate surface area is 76.3 Å². The van der Waals surface area contributed by atoms with E-state index < -0.39 is 0 Å². The topological polar surface area (TPSA) is 29.3 Å². The molecule has 1 saturated heterocycles. The highest BCUT2D eigenvalue weighted by molar-refractivity contribution is 14.1. The van der Waals surface area contributed by atoms with Crippen LogP contribution in [0.3, 0.4) is 0 Å². The van der Waals surface area contributed by atoms with E-state index in [9.17, 15) is 0 Å². The van der Waals surface area contributed by atoms with Gasteiger partial charge >= 0.3 is 0 Å². The summed E-state index contributed by atoms with van der Waals surface area (Å²) >= 11 is 2.44. The first kappa shape index (κ1) is 8.74. The zero-order chi connectivity index (χ0) is 7.72. The second-order valence-corrected chi connectivity index (χ2v) is 4.43. The maximum atomic E-state index is 5.86. The van der Waals surface area contributed by atoms with Gasteiger partial charge in [-0.25, -0.2) is 0 Å². The van der Waals surface area contributed by atoms with Gasteiger partial charge in [0.25, 0.3) is 0 Å². The van der Waals surface area contributed by atoms with E-state index in [1.54, 1.807) is 0 Å². The van der Waals surface area contributed by atoms with Crippen LogP contribution in [0.15, 0.2) is 0 Å². The van der Waals surface area contributed by atoms with Crippen molar-refractivity contribution in [3.8, 4) is 0 Å². The summed E-state index contributed by atoms with van der Waals surface area (Å²) in [5, 5.41) is 0. The van der Waals surface area contributed by atoms with Crippen LogP contribution in [-0.2, 0) is 0 Å². The van der Waals surface area contributed by atoms with Gasteiger partial charge in [0.05, 0.1) is 4.05 Å². The Kier molecular flexibility index (Phi) is 2.94. The molecule has 0 saturated carbocycles. The monoisotopic (exact) mass is 254 g/mol. The van der Waals surface area contributed by atoms with E-state index in [4.69, 9.17) is 5.73 Å². The van der Waals surface area contributed by atoms with Crippen molar-refractivity contribution in [1.29, 1.82) is 0 Å². The lowest BCUT2D eigenvalue weighted by Gasteiger charge is -2.25. The molecule has 1 aliphatic rings. The SMILES string of the molecule is CC(C)N1CCC(N)C1I. The van der Waals surface area contributed by atoms with Crippen LogP contribution in [0.2, 0.25) is 0 Å². The van der Waals surface area contributed by atoms with Crippen molar-refractivity contribution in [2.24, 2.45) is 5.73 Å². The normalized spacial score (nSPS) is 35.7. The highest BCUT2D eigenvalue weighted by atomic mass is 127. The Morgan fingerprint density at radius 1 is 1.60 bits per heavy atom. The molecule has 0 aliphatic carbocycles. The molecule has 0 bridgehead atoms. The lowest BCUT2D eigenvalue weighted by molar-refractivity contribution is 0.262. The minimum Gasteiger partial charge on any atom is -0.326 e. The van der Waals surface area contributed by atoms with Gasteiger partial charge in [-0.3, -0.25) is 4.90 Å². The Morgan fingerprint density at radius 3 is 2.40 bits per heavy atom. The Hall–Kier alpha value is 0.650. The van der Waals surface area contributed by atoms with Gasteiger partial charge in [-0.15, -0.1) is 0 Å². The molecule has 1 fully saturated rings. The van der Waals surface area contributed by atoms with Crippen LogP contribution in [0.25, 0.3) is 0 Å². The van der Waals surface area contributed by atoms with Crippen molar-refractivity contribution >= 4 is 22.6 Å². The lowest BCUT2D eigenvalue weighted by atomic mass is 10.3. The van der Waals surface area contributed by atoms with Crippen molar-refractivity contribution in [2.75, 3.05) is 6.54 Å². The smallest absolute Gasteiger partial charge is 0.0774 e. The highest BCUT2D eigenvalue weighted by Gasteiger charge is 2.30. The fourth-order valence-corrected chi connectivity index (χ4v) is 2.63. The van der Waals surface area contributed by atoms with Gasteiger partial charge in [0.1, 0.15) is 0 Å². The zero-order valence-electron chi connectivity index (χ0n) is 6.55. The fraction of sp³-hybridized carbons (Fsp3) is 1.00. The lowest BCUT2D eigenvalue weighted by Crippen LogP contribution is -2.38. The fourth-order valence-electron chi connectivity index (χ4n) is 1.35. The minimum absolute atomic E-state index is 0.392. The van der Waals surface area contributed by atoms with Crippen LogP contribution in [0, 0.1) is 0 Å². The van der Waals surface area contributed by atoms with Crippen LogP contribution >= 0.6 is 22.6 Å². The van der Waals surface area contributed by atoms with Crippen molar-refractivity contribution in [1.82, 2.24) is 4.90 Å². The Balaban J connectivity index is 2.49. The van der Waals surface area contributed by atoms with E-state index in [0.29, 0.717) is 16.1 Å². The Morgan fingerprint density at radius 2 is 2.20 bits per heavy atom. The van der Waals surface area contributed by atoms with Gasteiger partial charge in [-0.2, -0.15) is 0 Å². The molecular weight excluding hydrogens is 239 g/mol. The van der Waals surface area contributed by atoms with Crippen molar-refractivity contribution in [2.45, 2.75) is 36.4 Å². The number of nitrogens with zero attached hydrogens (tertiary/aromatic N) is 1. The van der Waals surface area contributed by atoms with Crippen LogP contribution in [0.4, 0.5) is 0 Å². The van der Waals surface area contributed by atoms with Crippen molar-refractivity contribution in [3.05, 3.63) is 0 Å². The van der Waals surface area contributed by atoms with Crippen molar-refractivity contribution in [3.63, 3.8) is 0 Å². The third-order valence-electron chi connectivity index (χ3n) is 2.05. The molecular formula is C7H15IN2. The summed E-state index contributed by atoms with van der Waals surface area (Å²) in [6, 6.07) is 1.04. The van der Waals surface area contributed by atoms with E-state index in [1.165, 1.54) is 6.54 Å². The average Bonchev–Trinajstić information content (AvgIpc) is 2.14. The third kappa shape index (κ3) is 1.62. The number of hydrogen-bond acceptors (Lipinski definition) is 2. The number of nitrogens with two attached hydrogens (primary N) is 1. The summed E-state index contributed by atoms with van der Waals surface area (Å²) in [7, 11) is 0. The van der Waals surface area contributed by atoms with E-state index in [1.807, 2.05) is 0 Å². The first-order valence-corrected chi connectivity index (χ1v) is 5.03. The molecule has 2 unspecified atom stereocenters. The van der Waals surface area contributed by atoms with Gasteiger partial charge in [0.15, 0.2) is 0 Å². The van der Waals surface area contributed by atoms with Gasteiger partial charge in [-0.05, 0) is 20.3 Å². The summed E-state index contributed by atoms with van der Waals surface area (Å²) in [5.74, 6) is 0. The first-order chi connectivity index (χ1) is 4.63. The molecule has 2 N–H and O–H groups in total. The largest absolute Gasteiger partial charge is 0.326 e. The van der Waals surface area contributed by atoms with Gasteiger partial charge in [-0.1, -0.05) is 22.6 Å². The molecule has 1 aliphatic heterocycles. The number of halogens is 1.